The lowest BCUT2D eigenvalue weighted by Gasteiger charge is -2.02. The van der Waals surface area contributed by atoms with E-state index in [9.17, 15) is 4.79 Å². The molecule has 0 bridgehead atoms. The lowest BCUT2D eigenvalue weighted by Crippen LogP contribution is -2.01. The molecule has 0 saturated carbocycles. The molecule has 3 rings (SSSR count). The van der Waals surface area contributed by atoms with Gasteiger partial charge in [0.1, 0.15) is 18.0 Å². The summed E-state index contributed by atoms with van der Waals surface area (Å²) in [7, 11) is 1.38. The molecule has 23 heavy (non-hydrogen) atoms. The van der Waals surface area contributed by atoms with Gasteiger partial charge in [-0.2, -0.15) is 0 Å². The molecule has 118 valence electrons. The summed E-state index contributed by atoms with van der Waals surface area (Å²) < 4.78 is 16.3. The Balaban J connectivity index is 1.75. The molecule has 4 nitrogen and oxygen atoms in total. The Hall–Kier alpha value is -2.59. The van der Waals surface area contributed by atoms with Crippen LogP contribution in [0.15, 0.2) is 52.9 Å². The van der Waals surface area contributed by atoms with E-state index in [4.69, 9.17) is 13.9 Å². The Kier molecular flexibility index (Phi) is 4.44. The number of ether oxygens (including phenoxy) is 2. The minimum atomic E-state index is -0.349. The normalized spacial score (nSPS) is 10.9. The highest BCUT2D eigenvalue weighted by Crippen LogP contribution is 2.25. The van der Waals surface area contributed by atoms with Crippen molar-refractivity contribution in [3.63, 3.8) is 0 Å². The molecule has 0 fully saturated rings. The summed E-state index contributed by atoms with van der Waals surface area (Å²) in [6, 6.07) is 15.4. The van der Waals surface area contributed by atoms with Crippen LogP contribution in [0.25, 0.3) is 11.0 Å². The van der Waals surface area contributed by atoms with Gasteiger partial charge in [-0.1, -0.05) is 30.3 Å². The number of carbonyl (C=O) groups is 1. The maximum absolute atomic E-state index is 11.7. The van der Waals surface area contributed by atoms with Gasteiger partial charge in [-0.15, -0.1) is 0 Å². The summed E-state index contributed by atoms with van der Waals surface area (Å²) >= 11 is 0. The fraction of sp³-hybridized carbons (Fsp3) is 0.211. The Morgan fingerprint density at radius 1 is 1.09 bits per heavy atom. The second-order valence-electron chi connectivity index (χ2n) is 5.39. The molecule has 1 heterocycles. The van der Waals surface area contributed by atoms with Crippen molar-refractivity contribution in [2.75, 3.05) is 7.11 Å². The first-order valence-electron chi connectivity index (χ1n) is 7.40. The van der Waals surface area contributed by atoms with Crippen LogP contribution < -0.4 is 0 Å². The second kappa shape index (κ2) is 6.67. The van der Waals surface area contributed by atoms with Gasteiger partial charge in [-0.05, 0) is 36.2 Å². The van der Waals surface area contributed by atoms with Crippen LogP contribution in [0.3, 0.4) is 0 Å². The predicted molar refractivity (Wildman–Crippen MR) is 87.2 cm³/mol. The molecule has 0 unspecified atom stereocenters. The molecule has 0 amide bonds. The molecule has 0 radical (unpaired) electrons. The number of hydrogen-bond donors (Lipinski definition) is 0. The number of rotatable bonds is 5. The first-order valence-corrected chi connectivity index (χ1v) is 7.40. The van der Waals surface area contributed by atoms with Crippen LogP contribution in [0.1, 0.15) is 27.2 Å². The maximum Gasteiger partial charge on any atom is 0.337 e. The number of hydrogen-bond acceptors (Lipinski definition) is 4. The van der Waals surface area contributed by atoms with Gasteiger partial charge < -0.3 is 13.9 Å². The Morgan fingerprint density at radius 2 is 1.87 bits per heavy atom. The quantitative estimate of drug-likeness (QED) is 0.661. The SMILES string of the molecule is COC(=O)c1cc(C)c2oc(COCc3ccccc3)cc2c1. The third kappa shape index (κ3) is 3.43. The lowest BCUT2D eigenvalue weighted by atomic mass is 10.1. The molecule has 0 saturated heterocycles. The average Bonchev–Trinajstić information content (AvgIpc) is 2.98. The van der Waals surface area contributed by atoms with Crippen LogP contribution in [0.2, 0.25) is 0 Å². The summed E-state index contributed by atoms with van der Waals surface area (Å²) in [6.07, 6.45) is 0. The Labute approximate surface area is 134 Å². The zero-order valence-corrected chi connectivity index (χ0v) is 13.2. The van der Waals surface area contributed by atoms with Gasteiger partial charge in [0.2, 0.25) is 0 Å². The zero-order chi connectivity index (χ0) is 16.2. The average molecular weight is 310 g/mol. The fourth-order valence-corrected chi connectivity index (χ4v) is 2.53. The van der Waals surface area contributed by atoms with E-state index < -0.39 is 0 Å². The molecular weight excluding hydrogens is 292 g/mol. The molecule has 1 aromatic heterocycles. The molecule has 0 spiro atoms. The second-order valence-corrected chi connectivity index (χ2v) is 5.39. The zero-order valence-electron chi connectivity index (χ0n) is 13.2. The van der Waals surface area contributed by atoms with E-state index >= 15 is 0 Å². The van der Waals surface area contributed by atoms with Crippen molar-refractivity contribution in [2.45, 2.75) is 20.1 Å². The number of benzene rings is 2. The van der Waals surface area contributed by atoms with Gasteiger partial charge in [-0.25, -0.2) is 4.79 Å². The van der Waals surface area contributed by atoms with Crippen molar-refractivity contribution < 1.29 is 18.7 Å². The maximum atomic E-state index is 11.7. The van der Waals surface area contributed by atoms with Crippen molar-refractivity contribution in [3.05, 3.63) is 71.0 Å². The summed E-state index contributed by atoms with van der Waals surface area (Å²) in [5, 5.41) is 0.878. The molecule has 4 heteroatoms. The van der Waals surface area contributed by atoms with Gasteiger partial charge in [0.15, 0.2) is 0 Å². The van der Waals surface area contributed by atoms with Crippen LogP contribution >= 0.6 is 0 Å². The summed E-state index contributed by atoms with van der Waals surface area (Å²) in [4.78, 5) is 11.7. The lowest BCUT2D eigenvalue weighted by molar-refractivity contribution is 0.0601. The highest BCUT2D eigenvalue weighted by molar-refractivity contribution is 5.95. The predicted octanol–water partition coefficient (Wildman–Crippen LogP) is 4.24. The Morgan fingerprint density at radius 3 is 2.61 bits per heavy atom. The molecule has 0 aliphatic heterocycles. The van der Waals surface area contributed by atoms with Gasteiger partial charge in [0.05, 0.1) is 19.3 Å². The van der Waals surface area contributed by atoms with Crippen molar-refractivity contribution in [1.29, 1.82) is 0 Å². The summed E-state index contributed by atoms with van der Waals surface area (Å²) in [6.45, 7) is 2.83. The first kappa shape index (κ1) is 15.3. The van der Waals surface area contributed by atoms with Crippen molar-refractivity contribution in [3.8, 4) is 0 Å². The van der Waals surface area contributed by atoms with Crippen LogP contribution in [0, 0.1) is 6.92 Å². The molecular formula is C19H18O4. The van der Waals surface area contributed by atoms with E-state index in [1.54, 1.807) is 12.1 Å². The van der Waals surface area contributed by atoms with Crippen LogP contribution in [0.5, 0.6) is 0 Å². The van der Waals surface area contributed by atoms with Crippen LogP contribution in [-0.2, 0) is 22.7 Å². The topological polar surface area (TPSA) is 48.7 Å². The van der Waals surface area contributed by atoms with Crippen molar-refractivity contribution in [2.24, 2.45) is 0 Å². The monoisotopic (exact) mass is 310 g/mol. The van der Waals surface area contributed by atoms with E-state index in [1.807, 2.05) is 43.3 Å². The summed E-state index contributed by atoms with van der Waals surface area (Å²) in [5.74, 6) is 0.388. The number of methoxy groups -OCH3 is 1. The minimum absolute atomic E-state index is 0.349. The molecule has 0 aliphatic rings. The number of fused-ring (bicyclic) bond motifs is 1. The fourth-order valence-electron chi connectivity index (χ4n) is 2.53. The number of carbonyl (C=O) groups excluding carboxylic acids is 1. The van der Waals surface area contributed by atoms with Crippen molar-refractivity contribution in [1.82, 2.24) is 0 Å². The standard InChI is InChI=1S/C19H18O4/c1-13-8-16(19(20)21-2)9-15-10-17(23-18(13)15)12-22-11-14-6-4-3-5-7-14/h3-10H,11-12H2,1-2H3. The van der Waals surface area contributed by atoms with E-state index in [2.05, 4.69) is 0 Å². The molecule has 0 atom stereocenters. The first-order chi connectivity index (χ1) is 11.2. The molecule has 3 aromatic rings. The highest BCUT2D eigenvalue weighted by atomic mass is 16.5. The molecule has 0 aliphatic carbocycles. The van der Waals surface area contributed by atoms with Gasteiger partial charge in [-0.3, -0.25) is 0 Å². The Bertz CT molecular complexity index is 818. The van der Waals surface area contributed by atoms with E-state index in [0.717, 1.165) is 27.9 Å². The third-order valence-corrected chi connectivity index (χ3v) is 3.63. The number of aryl methyl sites for hydroxylation is 1. The van der Waals surface area contributed by atoms with Crippen molar-refractivity contribution >= 4 is 16.9 Å². The highest BCUT2D eigenvalue weighted by Gasteiger charge is 2.12. The van der Waals surface area contributed by atoms with Gasteiger partial charge >= 0.3 is 5.97 Å². The number of furan rings is 1. The minimum Gasteiger partial charge on any atom is -0.465 e. The van der Waals surface area contributed by atoms with E-state index in [-0.39, 0.29) is 5.97 Å². The van der Waals surface area contributed by atoms with E-state index in [1.165, 1.54) is 7.11 Å². The van der Waals surface area contributed by atoms with Gasteiger partial charge in [0.25, 0.3) is 0 Å². The molecule has 0 N–H and O–H groups in total. The smallest absolute Gasteiger partial charge is 0.337 e. The third-order valence-electron chi connectivity index (χ3n) is 3.63. The molecule has 2 aromatic carbocycles. The van der Waals surface area contributed by atoms with Crippen LogP contribution in [-0.4, -0.2) is 13.1 Å². The van der Waals surface area contributed by atoms with Gasteiger partial charge in [0, 0.05) is 5.39 Å². The van der Waals surface area contributed by atoms with E-state index in [0.29, 0.717) is 18.8 Å². The number of esters is 1. The van der Waals surface area contributed by atoms with Crippen LogP contribution in [0.4, 0.5) is 0 Å². The largest absolute Gasteiger partial charge is 0.465 e. The summed E-state index contributed by atoms with van der Waals surface area (Å²) in [5.41, 5.74) is 3.32.